The third kappa shape index (κ3) is 5.45. The van der Waals surface area contributed by atoms with Crippen LogP contribution in [0.4, 0.5) is 10.5 Å². The maximum Gasteiger partial charge on any atom is 0.325 e. The highest BCUT2D eigenvalue weighted by atomic mass is 16.5. The van der Waals surface area contributed by atoms with Crippen molar-refractivity contribution in [3.05, 3.63) is 24.3 Å². The van der Waals surface area contributed by atoms with Crippen molar-refractivity contribution in [1.82, 2.24) is 10.2 Å². The Balaban J connectivity index is 1.90. The summed E-state index contributed by atoms with van der Waals surface area (Å²) in [5.41, 5.74) is -0.345. The first-order valence-corrected chi connectivity index (χ1v) is 9.56. The van der Waals surface area contributed by atoms with E-state index in [1.165, 1.54) is 0 Å². The summed E-state index contributed by atoms with van der Waals surface area (Å²) in [6, 6.07) is 6.42. The van der Waals surface area contributed by atoms with Crippen LogP contribution in [0.2, 0.25) is 0 Å². The minimum Gasteiger partial charge on any atom is -0.494 e. The monoisotopic (exact) mass is 375 g/mol. The number of nitrogens with zero attached hydrogens (tertiary/aromatic N) is 1. The van der Waals surface area contributed by atoms with Crippen molar-refractivity contribution in [2.75, 3.05) is 18.5 Å². The molecular weight excluding hydrogens is 346 g/mol. The quantitative estimate of drug-likeness (QED) is 0.485. The van der Waals surface area contributed by atoms with Crippen LogP contribution >= 0.6 is 0 Å². The Bertz CT molecular complexity index is 674. The predicted molar refractivity (Wildman–Crippen MR) is 104 cm³/mol. The number of hydrogen-bond acceptors (Lipinski definition) is 4. The van der Waals surface area contributed by atoms with Crippen LogP contribution in [0.25, 0.3) is 0 Å². The summed E-state index contributed by atoms with van der Waals surface area (Å²) in [6.07, 6.45) is 4.67. The lowest BCUT2D eigenvalue weighted by Crippen LogP contribution is -2.44. The van der Waals surface area contributed by atoms with Gasteiger partial charge in [0.25, 0.3) is 5.91 Å². The zero-order chi connectivity index (χ0) is 19.9. The van der Waals surface area contributed by atoms with E-state index in [2.05, 4.69) is 17.6 Å². The first-order valence-electron chi connectivity index (χ1n) is 9.56. The predicted octanol–water partition coefficient (Wildman–Crippen LogP) is 3.30. The molecule has 27 heavy (non-hydrogen) atoms. The van der Waals surface area contributed by atoms with E-state index >= 15 is 0 Å². The Labute approximate surface area is 160 Å². The van der Waals surface area contributed by atoms with E-state index in [1.807, 2.05) is 6.92 Å². The van der Waals surface area contributed by atoms with Crippen LogP contribution in [-0.4, -0.2) is 41.4 Å². The van der Waals surface area contributed by atoms with Crippen LogP contribution in [0.1, 0.15) is 52.9 Å². The van der Waals surface area contributed by atoms with Crippen molar-refractivity contribution in [2.24, 2.45) is 0 Å². The molecular formula is C20H29N3O4. The van der Waals surface area contributed by atoms with Gasteiger partial charge < -0.3 is 15.4 Å². The molecule has 0 radical (unpaired) electrons. The number of carbonyl (C=O) groups is 3. The van der Waals surface area contributed by atoms with E-state index < -0.39 is 17.5 Å². The number of amides is 4. The molecule has 0 bridgehead atoms. The number of urea groups is 1. The highest BCUT2D eigenvalue weighted by Crippen LogP contribution is 2.24. The van der Waals surface area contributed by atoms with E-state index in [-0.39, 0.29) is 12.5 Å². The maximum atomic E-state index is 12.7. The Morgan fingerprint density at radius 1 is 1.15 bits per heavy atom. The minimum atomic E-state index is -0.926. The molecule has 0 spiro atoms. The van der Waals surface area contributed by atoms with Gasteiger partial charge in [-0.3, -0.25) is 14.5 Å². The van der Waals surface area contributed by atoms with Crippen LogP contribution in [0.5, 0.6) is 5.75 Å². The summed E-state index contributed by atoms with van der Waals surface area (Å²) >= 11 is 0. The van der Waals surface area contributed by atoms with Crippen molar-refractivity contribution in [2.45, 2.75) is 58.4 Å². The van der Waals surface area contributed by atoms with Gasteiger partial charge in [-0.15, -0.1) is 0 Å². The molecule has 1 aliphatic rings. The SMILES string of the molecule is CCCCCC[C@]1(C)NC(=O)N(CC(=O)Nc2ccc(OCC)cc2)C1=O. The van der Waals surface area contributed by atoms with Gasteiger partial charge in [-0.2, -0.15) is 0 Å². The van der Waals surface area contributed by atoms with Gasteiger partial charge in [0.15, 0.2) is 0 Å². The molecule has 1 saturated heterocycles. The fourth-order valence-electron chi connectivity index (χ4n) is 3.11. The fourth-order valence-corrected chi connectivity index (χ4v) is 3.11. The lowest BCUT2D eigenvalue weighted by molar-refractivity contribution is -0.133. The van der Waals surface area contributed by atoms with E-state index in [4.69, 9.17) is 4.74 Å². The van der Waals surface area contributed by atoms with Crippen LogP contribution in [0.3, 0.4) is 0 Å². The molecule has 7 heteroatoms. The highest BCUT2D eigenvalue weighted by Gasteiger charge is 2.47. The topological polar surface area (TPSA) is 87.7 Å². The second kappa shape index (κ2) is 9.39. The van der Waals surface area contributed by atoms with Crippen LogP contribution in [-0.2, 0) is 9.59 Å². The number of imide groups is 1. The lowest BCUT2D eigenvalue weighted by atomic mass is 9.94. The fraction of sp³-hybridized carbons (Fsp3) is 0.550. The van der Waals surface area contributed by atoms with E-state index in [9.17, 15) is 14.4 Å². The van der Waals surface area contributed by atoms with Crippen LogP contribution in [0, 0.1) is 0 Å². The van der Waals surface area contributed by atoms with Crippen molar-refractivity contribution in [3.8, 4) is 5.75 Å². The van der Waals surface area contributed by atoms with Gasteiger partial charge in [0.1, 0.15) is 17.8 Å². The zero-order valence-electron chi connectivity index (χ0n) is 16.3. The number of ether oxygens (including phenoxy) is 1. The molecule has 0 aliphatic carbocycles. The number of anilines is 1. The summed E-state index contributed by atoms with van der Waals surface area (Å²) in [6.45, 7) is 6.00. The van der Waals surface area contributed by atoms with E-state index in [0.717, 1.165) is 30.6 Å². The second-order valence-electron chi connectivity index (χ2n) is 6.97. The Morgan fingerprint density at radius 3 is 2.48 bits per heavy atom. The average Bonchev–Trinajstić information content (AvgIpc) is 2.84. The smallest absolute Gasteiger partial charge is 0.325 e. The summed E-state index contributed by atoms with van der Waals surface area (Å²) in [4.78, 5) is 38.1. The molecule has 2 N–H and O–H groups in total. The second-order valence-corrected chi connectivity index (χ2v) is 6.97. The standard InChI is InChI=1S/C20H29N3O4/c1-4-6-7-8-13-20(3)18(25)23(19(26)22-20)14-17(24)21-15-9-11-16(12-10-15)27-5-2/h9-12H,4-8,13-14H2,1-3H3,(H,21,24)(H,22,26)/t20-/m0/s1. The molecule has 1 heterocycles. The first-order chi connectivity index (χ1) is 12.9. The summed E-state index contributed by atoms with van der Waals surface area (Å²) in [5, 5.41) is 5.44. The summed E-state index contributed by atoms with van der Waals surface area (Å²) in [5.74, 6) is -0.0489. The van der Waals surface area contributed by atoms with Crippen molar-refractivity contribution < 1.29 is 19.1 Å². The molecule has 1 aromatic rings. The minimum absolute atomic E-state index is 0.303. The number of benzene rings is 1. The van der Waals surface area contributed by atoms with Crippen molar-refractivity contribution >= 4 is 23.5 Å². The molecule has 148 valence electrons. The van der Waals surface area contributed by atoms with Crippen molar-refractivity contribution in [3.63, 3.8) is 0 Å². The molecule has 0 saturated carbocycles. The van der Waals surface area contributed by atoms with Gasteiger partial charge in [0, 0.05) is 5.69 Å². The molecule has 4 amide bonds. The number of carbonyl (C=O) groups excluding carboxylic acids is 3. The summed E-state index contributed by atoms with van der Waals surface area (Å²) < 4.78 is 5.35. The maximum absolute atomic E-state index is 12.7. The summed E-state index contributed by atoms with van der Waals surface area (Å²) in [7, 11) is 0. The molecule has 1 aliphatic heterocycles. The van der Waals surface area contributed by atoms with Gasteiger partial charge >= 0.3 is 6.03 Å². The average molecular weight is 375 g/mol. The number of unbranched alkanes of at least 4 members (excludes halogenated alkanes) is 3. The van der Waals surface area contributed by atoms with Gasteiger partial charge in [-0.1, -0.05) is 32.6 Å². The zero-order valence-corrected chi connectivity index (χ0v) is 16.3. The highest BCUT2D eigenvalue weighted by molar-refractivity contribution is 6.09. The van der Waals surface area contributed by atoms with E-state index in [1.54, 1.807) is 31.2 Å². The molecule has 0 aromatic heterocycles. The third-order valence-corrected chi connectivity index (χ3v) is 4.63. The van der Waals surface area contributed by atoms with Crippen LogP contribution < -0.4 is 15.4 Å². The largest absolute Gasteiger partial charge is 0.494 e. The number of hydrogen-bond donors (Lipinski definition) is 2. The molecule has 0 unspecified atom stereocenters. The Morgan fingerprint density at radius 2 is 1.85 bits per heavy atom. The lowest BCUT2D eigenvalue weighted by Gasteiger charge is -2.21. The van der Waals surface area contributed by atoms with E-state index in [0.29, 0.717) is 24.5 Å². The van der Waals surface area contributed by atoms with Crippen molar-refractivity contribution in [1.29, 1.82) is 0 Å². The first kappa shape index (κ1) is 20.7. The Kier molecular flexibility index (Phi) is 7.21. The number of nitrogens with one attached hydrogen (secondary N) is 2. The molecule has 1 atom stereocenters. The third-order valence-electron chi connectivity index (χ3n) is 4.63. The van der Waals surface area contributed by atoms with Gasteiger partial charge in [0.2, 0.25) is 5.91 Å². The van der Waals surface area contributed by atoms with Gasteiger partial charge in [-0.05, 0) is 44.5 Å². The van der Waals surface area contributed by atoms with Gasteiger partial charge in [-0.25, -0.2) is 4.79 Å². The molecule has 2 rings (SSSR count). The normalized spacial score (nSPS) is 19.1. The molecule has 1 aromatic carbocycles. The van der Waals surface area contributed by atoms with Gasteiger partial charge in [0.05, 0.1) is 6.61 Å². The molecule has 1 fully saturated rings. The Hall–Kier alpha value is -2.57. The molecule has 7 nitrogen and oxygen atoms in total. The number of rotatable bonds is 10. The van der Waals surface area contributed by atoms with Crippen LogP contribution in [0.15, 0.2) is 24.3 Å².